The molecule has 1 saturated carbocycles. The minimum Gasteiger partial charge on any atom is -0.496 e. The largest absolute Gasteiger partial charge is 0.496 e. The van der Waals surface area contributed by atoms with Gasteiger partial charge < -0.3 is 10.1 Å². The average molecular weight is 379 g/mol. The van der Waals surface area contributed by atoms with E-state index in [1.807, 2.05) is 24.3 Å². The number of likely N-dealkylation sites (tertiary alicyclic amines) is 1. The Hall–Kier alpha value is -2.33. The molecule has 2 aliphatic rings. The molecule has 2 aromatic rings. The van der Waals surface area contributed by atoms with Crippen molar-refractivity contribution in [1.29, 1.82) is 0 Å². The van der Waals surface area contributed by atoms with E-state index >= 15 is 0 Å². The van der Waals surface area contributed by atoms with Gasteiger partial charge in [-0.15, -0.1) is 0 Å². The van der Waals surface area contributed by atoms with Gasteiger partial charge in [0.2, 0.25) is 5.91 Å². The lowest BCUT2D eigenvalue weighted by Gasteiger charge is -2.32. The molecule has 1 aliphatic heterocycles. The van der Waals surface area contributed by atoms with E-state index in [-0.39, 0.29) is 11.3 Å². The molecule has 1 heterocycles. The molecule has 0 bridgehead atoms. The van der Waals surface area contributed by atoms with Crippen molar-refractivity contribution in [3.05, 3.63) is 65.7 Å². The summed E-state index contributed by atoms with van der Waals surface area (Å²) in [5.41, 5.74) is 2.04. The van der Waals surface area contributed by atoms with Gasteiger partial charge in [-0.3, -0.25) is 9.69 Å². The van der Waals surface area contributed by atoms with Crippen LogP contribution in [0.3, 0.4) is 0 Å². The number of piperidine rings is 1. The molecule has 4 rings (SSSR count). The lowest BCUT2D eigenvalue weighted by Crippen LogP contribution is -2.41. The van der Waals surface area contributed by atoms with Gasteiger partial charge in [0.25, 0.3) is 0 Å². The fourth-order valence-corrected chi connectivity index (χ4v) is 4.38. The van der Waals surface area contributed by atoms with Crippen LogP contribution in [-0.2, 0) is 16.8 Å². The monoisotopic (exact) mass is 378 g/mol. The lowest BCUT2D eigenvalue weighted by molar-refractivity contribution is -0.123. The van der Waals surface area contributed by atoms with Crippen LogP contribution in [0.5, 0.6) is 5.75 Å². The Balaban J connectivity index is 1.27. The first-order chi connectivity index (χ1) is 13.7. The summed E-state index contributed by atoms with van der Waals surface area (Å²) in [5.74, 6) is 1.57. The summed E-state index contributed by atoms with van der Waals surface area (Å²) >= 11 is 0. The summed E-state index contributed by atoms with van der Waals surface area (Å²) in [6.07, 6.45) is 4.12. The zero-order valence-corrected chi connectivity index (χ0v) is 16.7. The smallest absolute Gasteiger partial charge is 0.230 e. The van der Waals surface area contributed by atoms with Gasteiger partial charge >= 0.3 is 0 Å². The fourth-order valence-electron chi connectivity index (χ4n) is 4.38. The number of ether oxygens (including phenoxy) is 1. The molecule has 2 fully saturated rings. The maximum absolute atomic E-state index is 13.0. The molecule has 1 amide bonds. The number of rotatable bonds is 7. The molecule has 4 heteroatoms. The van der Waals surface area contributed by atoms with Crippen LogP contribution in [0.15, 0.2) is 54.6 Å². The third-order valence-corrected chi connectivity index (χ3v) is 6.31. The van der Waals surface area contributed by atoms with Gasteiger partial charge in [0.15, 0.2) is 0 Å². The Morgan fingerprint density at radius 1 is 1.07 bits per heavy atom. The molecule has 1 aliphatic carbocycles. The number of benzene rings is 2. The number of amides is 1. The number of nitrogens with zero attached hydrogens (tertiary/aromatic N) is 1. The molecule has 28 heavy (non-hydrogen) atoms. The summed E-state index contributed by atoms with van der Waals surface area (Å²) in [6, 6.07) is 18.6. The second-order valence-corrected chi connectivity index (χ2v) is 8.20. The quantitative estimate of drug-likeness (QED) is 0.798. The molecule has 2 aromatic carbocycles. The van der Waals surface area contributed by atoms with E-state index in [4.69, 9.17) is 4.74 Å². The van der Waals surface area contributed by atoms with Crippen LogP contribution < -0.4 is 10.1 Å². The number of carbonyl (C=O) groups excluding carboxylic acids is 1. The van der Waals surface area contributed by atoms with Crippen LogP contribution in [-0.4, -0.2) is 37.6 Å². The van der Waals surface area contributed by atoms with Gasteiger partial charge in [-0.2, -0.15) is 0 Å². The van der Waals surface area contributed by atoms with Crippen LogP contribution >= 0.6 is 0 Å². The highest BCUT2D eigenvalue weighted by atomic mass is 16.5. The molecule has 4 nitrogen and oxygen atoms in total. The Morgan fingerprint density at radius 3 is 2.43 bits per heavy atom. The Labute approximate surface area is 167 Å². The molecule has 148 valence electrons. The third-order valence-electron chi connectivity index (χ3n) is 6.31. The summed E-state index contributed by atoms with van der Waals surface area (Å²) in [6.45, 7) is 4.02. The van der Waals surface area contributed by atoms with E-state index in [2.05, 4.69) is 40.5 Å². The Kier molecular flexibility index (Phi) is 5.67. The second-order valence-electron chi connectivity index (χ2n) is 8.20. The first-order valence-electron chi connectivity index (χ1n) is 10.4. The van der Waals surface area contributed by atoms with Crippen molar-refractivity contribution in [2.45, 2.75) is 37.6 Å². The summed E-state index contributed by atoms with van der Waals surface area (Å²) in [7, 11) is 1.68. The maximum atomic E-state index is 13.0. The number of methoxy groups -OCH3 is 1. The van der Waals surface area contributed by atoms with Gasteiger partial charge in [0, 0.05) is 18.7 Å². The maximum Gasteiger partial charge on any atom is 0.230 e. The van der Waals surface area contributed by atoms with Gasteiger partial charge in [-0.25, -0.2) is 0 Å². The van der Waals surface area contributed by atoms with Crippen LogP contribution in [0.1, 0.15) is 36.8 Å². The number of nitrogens with one attached hydrogen (secondary N) is 1. The summed E-state index contributed by atoms with van der Waals surface area (Å²) in [5, 5.41) is 3.26. The van der Waals surface area contributed by atoms with E-state index in [0.717, 1.165) is 63.2 Å². The van der Waals surface area contributed by atoms with Crippen molar-refractivity contribution in [3.63, 3.8) is 0 Å². The highest BCUT2D eigenvalue weighted by molar-refractivity contribution is 5.92. The van der Waals surface area contributed by atoms with Crippen molar-refractivity contribution in [3.8, 4) is 5.75 Å². The van der Waals surface area contributed by atoms with Gasteiger partial charge in [-0.1, -0.05) is 48.5 Å². The Morgan fingerprint density at radius 2 is 1.75 bits per heavy atom. The van der Waals surface area contributed by atoms with E-state index in [0.29, 0.717) is 5.92 Å². The zero-order chi connectivity index (χ0) is 19.4. The predicted octanol–water partition coefficient (Wildman–Crippen LogP) is 3.76. The second kappa shape index (κ2) is 8.36. The molecule has 0 aromatic heterocycles. The Bertz CT molecular complexity index is 793. The first kappa shape index (κ1) is 19.0. The van der Waals surface area contributed by atoms with Crippen molar-refractivity contribution in [2.24, 2.45) is 5.92 Å². The molecular formula is C24H30N2O2. The number of carbonyl (C=O) groups is 1. The van der Waals surface area contributed by atoms with E-state index < -0.39 is 0 Å². The normalized spacial score (nSPS) is 19.2. The summed E-state index contributed by atoms with van der Waals surface area (Å²) in [4.78, 5) is 15.5. The van der Waals surface area contributed by atoms with E-state index in [1.54, 1.807) is 7.11 Å². The summed E-state index contributed by atoms with van der Waals surface area (Å²) < 4.78 is 5.49. The lowest BCUT2D eigenvalue weighted by atomic mass is 9.92. The van der Waals surface area contributed by atoms with Gasteiger partial charge in [0.05, 0.1) is 12.5 Å². The van der Waals surface area contributed by atoms with Gasteiger partial charge in [0.1, 0.15) is 5.75 Å². The molecule has 1 N–H and O–H groups in total. The molecule has 1 saturated heterocycles. The number of hydrogen-bond donors (Lipinski definition) is 1. The molecule has 0 spiro atoms. The van der Waals surface area contributed by atoms with Crippen molar-refractivity contribution in [2.75, 3.05) is 26.7 Å². The van der Waals surface area contributed by atoms with Crippen molar-refractivity contribution in [1.82, 2.24) is 10.2 Å². The first-order valence-corrected chi connectivity index (χ1v) is 10.4. The highest BCUT2D eigenvalue weighted by Gasteiger charge is 2.52. The molecular weight excluding hydrogens is 348 g/mol. The molecule has 0 atom stereocenters. The third kappa shape index (κ3) is 4.07. The predicted molar refractivity (Wildman–Crippen MR) is 111 cm³/mol. The standard InChI is InChI=1S/C24H30N2O2/c1-28-22-10-6-5-9-21(22)24(13-14-24)23(27)25-17-19-11-15-26(16-12-19)18-20-7-3-2-4-8-20/h2-10,19H,11-18H2,1H3,(H,25,27). The number of hydrogen-bond acceptors (Lipinski definition) is 3. The van der Waals surface area contributed by atoms with Crippen LogP contribution in [0.25, 0.3) is 0 Å². The van der Waals surface area contributed by atoms with Crippen molar-refractivity contribution >= 4 is 5.91 Å². The minimum atomic E-state index is -0.374. The number of para-hydroxylation sites is 1. The zero-order valence-electron chi connectivity index (χ0n) is 16.7. The minimum absolute atomic E-state index is 0.170. The fraction of sp³-hybridized carbons (Fsp3) is 0.458. The van der Waals surface area contributed by atoms with Crippen LogP contribution in [0.4, 0.5) is 0 Å². The molecule has 0 radical (unpaired) electrons. The topological polar surface area (TPSA) is 41.6 Å². The highest BCUT2D eigenvalue weighted by Crippen LogP contribution is 2.51. The SMILES string of the molecule is COc1ccccc1C1(C(=O)NCC2CCN(Cc3ccccc3)CC2)CC1. The van der Waals surface area contributed by atoms with Gasteiger partial charge in [-0.05, 0) is 56.3 Å². The van der Waals surface area contributed by atoms with Crippen molar-refractivity contribution < 1.29 is 9.53 Å². The van der Waals surface area contributed by atoms with Crippen LogP contribution in [0.2, 0.25) is 0 Å². The molecule has 0 unspecified atom stereocenters. The van der Waals surface area contributed by atoms with Crippen LogP contribution in [0, 0.1) is 5.92 Å². The average Bonchev–Trinajstić information content (AvgIpc) is 3.56. The van der Waals surface area contributed by atoms with E-state index in [1.165, 1.54) is 5.56 Å². The van der Waals surface area contributed by atoms with E-state index in [9.17, 15) is 4.79 Å².